The van der Waals surface area contributed by atoms with Crippen LogP contribution >= 0.6 is 0 Å². The first kappa shape index (κ1) is 38.7. The number of halogens is 2. The molecule has 2 atom stereocenters. The number of ether oxygens (including phenoxy) is 3. The molecule has 10 nitrogen and oxygen atoms in total. The van der Waals surface area contributed by atoms with Crippen molar-refractivity contribution in [2.45, 2.75) is 71.9 Å². The number of nitrogens with zero attached hydrogens (tertiary/aromatic N) is 1. The van der Waals surface area contributed by atoms with Crippen LogP contribution in [0.5, 0.6) is 11.5 Å². The Morgan fingerprint density at radius 2 is 1.81 bits per heavy atom. The first-order valence-corrected chi connectivity index (χ1v) is 19.8. The molecule has 0 saturated carbocycles. The molecule has 0 spiro atoms. The van der Waals surface area contributed by atoms with Gasteiger partial charge in [-0.25, -0.2) is 27.4 Å². The van der Waals surface area contributed by atoms with E-state index in [0.717, 1.165) is 17.2 Å². The Bertz CT molecular complexity index is 2210. The van der Waals surface area contributed by atoms with Crippen LogP contribution in [0.1, 0.15) is 87.7 Å². The number of carbonyl (C=O) groups is 2. The maximum atomic E-state index is 15.9. The molecule has 0 radical (unpaired) electrons. The number of rotatable bonds is 7. The van der Waals surface area contributed by atoms with E-state index in [4.69, 9.17) is 14.2 Å². The predicted molar refractivity (Wildman–Crippen MR) is 202 cm³/mol. The Morgan fingerprint density at radius 3 is 2.59 bits per heavy atom. The minimum Gasteiger partial charge on any atom is -0.466 e. The van der Waals surface area contributed by atoms with Crippen LogP contribution in [0.3, 0.4) is 0 Å². The highest BCUT2D eigenvalue weighted by molar-refractivity contribution is 7.96. The lowest BCUT2D eigenvalue weighted by molar-refractivity contribution is -0.143. The number of hydrogen-bond donors (Lipinski definition) is 2. The molecule has 13 heteroatoms. The zero-order valence-corrected chi connectivity index (χ0v) is 31.6. The summed E-state index contributed by atoms with van der Waals surface area (Å²) in [5.74, 6) is -3.30. The minimum absolute atomic E-state index is 0.0139. The summed E-state index contributed by atoms with van der Waals surface area (Å²) in [5.41, 5.74) is 5.12. The molecule has 286 valence electrons. The summed E-state index contributed by atoms with van der Waals surface area (Å²) in [6, 6.07) is 13.9. The van der Waals surface area contributed by atoms with Crippen LogP contribution in [0.2, 0.25) is 0 Å². The molecular weight excluding hydrogens is 717 g/mol. The molecule has 2 aliphatic heterocycles. The number of nitrogens with one attached hydrogen (secondary N) is 2. The fourth-order valence-electron chi connectivity index (χ4n) is 7.11. The molecule has 3 aromatic carbocycles. The van der Waals surface area contributed by atoms with Gasteiger partial charge >= 0.3 is 11.9 Å². The zero-order chi connectivity index (χ0) is 38.6. The van der Waals surface area contributed by atoms with Crippen molar-refractivity contribution in [1.29, 1.82) is 0 Å². The van der Waals surface area contributed by atoms with Gasteiger partial charge in [-0.15, -0.1) is 0 Å². The highest BCUT2D eigenvalue weighted by Crippen LogP contribution is 2.40. The molecule has 4 bridgehead atoms. The van der Waals surface area contributed by atoms with Gasteiger partial charge in [0.1, 0.15) is 11.6 Å². The summed E-state index contributed by atoms with van der Waals surface area (Å²) in [5, 5.41) is 2.32. The van der Waals surface area contributed by atoms with Crippen LogP contribution in [0, 0.1) is 17.0 Å². The highest BCUT2D eigenvalue weighted by Gasteiger charge is 2.35. The molecule has 2 unspecified atom stereocenters. The van der Waals surface area contributed by atoms with E-state index in [2.05, 4.69) is 10.4 Å². The molecule has 2 N–H and O–H groups in total. The zero-order valence-electron chi connectivity index (χ0n) is 30.8. The monoisotopic (exact) mass is 761 g/mol. The molecule has 2 aliphatic rings. The van der Waals surface area contributed by atoms with E-state index < -0.39 is 43.8 Å². The molecule has 54 heavy (non-hydrogen) atoms. The summed E-state index contributed by atoms with van der Waals surface area (Å²) in [4.78, 5) is 27.8. The number of aryl methyl sites for hydroxylation is 1. The SMILES string of the molecule is CCOC(=O)CCc1cccc(C2CCCC(C)(C)CS(=O)(=O)/C(C(=O)OCC)=C/c3c(c(F)cc4[nH]ccc34)Oc3ccc(F)c(c3)C3C=CN2N3)c1. The molecule has 0 amide bonds. The van der Waals surface area contributed by atoms with Gasteiger partial charge in [-0.3, -0.25) is 4.79 Å². The fraction of sp³-hybridized carbons (Fsp3) is 0.366. The van der Waals surface area contributed by atoms with Crippen molar-refractivity contribution >= 4 is 38.8 Å². The third-order valence-corrected chi connectivity index (χ3v) is 11.8. The number of aromatic amines is 1. The molecule has 6 rings (SSSR count). The van der Waals surface area contributed by atoms with Gasteiger partial charge in [0.2, 0.25) is 0 Å². The molecular formula is C41H45F2N3O7S. The van der Waals surface area contributed by atoms with Gasteiger partial charge in [0, 0.05) is 46.9 Å². The predicted octanol–water partition coefficient (Wildman–Crippen LogP) is 8.38. The first-order chi connectivity index (χ1) is 25.8. The maximum Gasteiger partial charge on any atom is 0.349 e. The van der Waals surface area contributed by atoms with E-state index >= 15 is 8.78 Å². The van der Waals surface area contributed by atoms with E-state index in [9.17, 15) is 18.0 Å². The average Bonchev–Trinajstić information content (AvgIpc) is 3.79. The van der Waals surface area contributed by atoms with Crippen LogP contribution in [0.25, 0.3) is 17.0 Å². The number of hydrazine groups is 1. The maximum absolute atomic E-state index is 15.9. The molecule has 0 fully saturated rings. The number of hydrogen-bond acceptors (Lipinski definition) is 9. The second-order valence-electron chi connectivity index (χ2n) is 14.3. The Hall–Kier alpha value is -5.01. The van der Waals surface area contributed by atoms with Gasteiger partial charge in [0.15, 0.2) is 26.3 Å². The number of aromatic nitrogens is 1. The van der Waals surface area contributed by atoms with Crippen LogP contribution in [-0.4, -0.2) is 49.3 Å². The lowest BCUT2D eigenvalue weighted by Crippen LogP contribution is -2.35. The summed E-state index contributed by atoms with van der Waals surface area (Å²) >= 11 is 0. The van der Waals surface area contributed by atoms with Crippen molar-refractivity contribution in [2.24, 2.45) is 5.41 Å². The Kier molecular flexibility index (Phi) is 11.6. The second-order valence-corrected chi connectivity index (χ2v) is 16.2. The lowest BCUT2D eigenvalue weighted by atomic mass is 9.87. The van der Waals surface area contributed by atoms with Crippen LogP contribution < -0.4 is 10.2 Å². The Labute approximate surface area is 314 Å². The van der Waals surface area contributed by atoms with Crippen molar-refractivity contribution in [3.05, 3.63) is 112 Å². The normalized spacial score (nSPS) is 20.6. The van der Waals surface area contributed by atoms with Crippen molar-refractivity contribution in [3.8, 4) is 11.5 Å². The number of esters is 2. The summed E-state index contributed by atoms with van der Waals surface area (Å²) in [6.45, 7) is 7.23. The largest absolute Gasteiger partial charge is 0.466 e. The van der Waals surface area contributed by atoms with Crippen molar-refractivity contribution in [1.82, 2.24) is 15.4 Å². The summed E-state index contributed by atoms with van der Waals surface area (Å²) in [7, 11) is -4.32. The van der Waals surface area contributed by atoms with E-state index in [1.165, 1.54) is 24.3 Å². The third kappa shape index (κ3) is 8.68. The fourth-order valence-corrected chi connectivity index (χ4v) is 9.05. The van der Waals surface area contributed by atoms with Gasteiger partial charge in [0.25, 0.3) is 0 Å². The standard InChI is InChI=1S/C41H45F2N3O7S/c1-5-51-38(47)15-12-26-9-7-10-27(21-26)36-11-8-18-41(3,4)25-54(49,50)37(40(48)52-6-2)23-30-29-16-19-44-35(29)24-33(43)39(30)53-28-13-14-32(42)31(22-28)34-17-20-46(36)45-34/h7,9-10,13-14,16-17,19-24,34,36,44-45H,5-6,8,11-12,15,18,25H2,1-4H3/b37-23+. The average molecular weight is 762 g/mol. The Morgan fingerprint density at radius 1 is 1.02 bits per heavy atom. The van der Waals surface area contributed by atoms with E-state index in [-0.39, 0.29) is 53.4 Å². The van der Waals surface area contributed by atoms with Crippen LogP contribution in [0.4, 0.5) is 8.78 Å². The van der Waals surface area contributed by atoms with Gasteiger partial charge in [0.05, 0.1) is 31.1 Å². The Balaban J connectivity index is 1.44. The van der Waals surface area contributed by atoms with E-state index in [1.807, 2.05) is 55.4 Å². The van der Waals surface area contributed by atoms with Gasteiger partial charge in [-0.05, 0) is 86.1 Å². The highest BCUT2D eigenvalue weighted by atomic mass is 32.2. The van der Waals surface area contributed by atoms with Gasteiger partial charge < -0.3 is 24.2 Å². The topological polar surface area (TPSA) is 127 Å². The number of carbonyl (C=O) groups excluding carboxylic acids is 2. The van der Waals surface area contributed by atoms with E-state index in [1.54, 1.807) is 26.1 Å². The molecule has 4 aromatic rings. The van der Waals surface area contributed by atoms with Crippen LogP contribution in [-0.2, 0) is 35.3 Å². The number of benzene rings is 3. The smallest absolute Gasteiger partial charge is 0.349 e. The number of fused-ring (bicyclic) bond motifs is 8. The minimum atomic E-state index is -4.32. The van der Waals surface area contributed by atoms with Crippen molar-refractivity contribution < 1.29 is 41.0 Å². The van der Waals surface area contributed by atoms with E-state index in [0.29, 0.717) is 43.2 Å². The number of H-pyrrole nitrogens is 1. The third-order valence-electron chi connectivity index (χ3n) is 9.65. The second kappa shape index (κ2) is 16.2. The summed E-state index contributed by atoms with van der Waals surface area (Å²) < 4.78 is 76.5. The molecule has 0 saturated heterocycles. The first-order valence-electron chi connectivity index (χ1n) is 18.1. The summed E-state index contributed by atoms with van der Waals surface area (Å²) in [6.07, 6.45) is 8.73. The quantitative estimate of drug-likeness (QED) is 0.179. The molecule has 1 aromatic heterocycles. The van der Waals surface area contributed by atoms with Crippen molar-refractivity contribution in [2.75, 3.05) is 19.0 Å². The molecule has 3 heterocycles. The lowest BCUT2D eigenvalue weighted by Gasteiger charge is -2.32. The molecule has 0 aliphatic carbocycles. The van der Waals surface area contributed by atoms with Gasteiger partial charge in [-0.1, -0.05) is 44.5 Å². The number of sulfone groups is 1. The van der Waals surface area contributed by atoms with Crippen LogP contribution in [0.15, 0.2) is 78.0 Å². The van der Waals surface area contributed by atoms with Gasteiger partial charge in [-0.2, -0.15) is 0 Å². The van der Waals surface area contributed by atoms with Crippen molar-refractivity contribution in [3.63, 3.8) is 0 Å².